The Morgan fingerprint density at radius 2 is 1.52 bits per heavy atom. The second-order valence-electron chi connectivity index (χ2n) is 4.49. The van der Waals surface area contributed by atoms with Gasteiger partial charge in [-0.25, -0.2) is 13.2 Å². The van der Waals surface area contributed by atoms with Crippen LogP contribution >= 0.6 is 0 Å². The molecule has 3 nitrogen and oxygen atoms in total. The van der Waals surface area contributed by atoms with Crippen LogP contribution in [0.1, 0.15) is 11.1 Å². The summed E-state index contributed by atoms with van der Waals surface area (Å²) in [6.07, 6.45) is -0.0674. The number of hydrogen-bond donors (Lipinski definition) is 2. The molecular formula is C15H12F3NO2. The molecule has 0 saturated carbocycles. The van der Waals surface area contributed by atoms with Gasteiger partial charge in [-0.3, -0.25) is 4.79 Å². The first-order valence-electron chi connectivity index (χ1n) is 6.13. The molecule has 0 aliphatic rings. The molecule has 0 unspecified atom stereocenters. The summed E-state index contributed by atoms with van der Waals surface area (Å²) in [6, 6.07) is 8.49. The highest BCUT2D eigenvalue weighted by Crippen LogP contribution is 2.18. The highest BCUT2D eigenvalue weighted by atomic mass is 19.2. The first-order chi connectivity index (χ1) is 9.95. The third-order valence-corrected chi connectivity index (χ3v) is 2.86. The van der Waals surface area contributed by atoms with Crippen molar-refractivity contribution >= 4 is 11.7 Å². The second kappa shape index (κ2) is 6.30. The number of anilines is 1. The van der Waals surface area contributed by atoms with Gasteiger partial charge in [0.05, 0.1) is 6.42 Å². The van der Waals surface area contributed by atoms with Gasteiger partial charge in [-0.15, -0.1) is 0 Å². The lowest BCUT2D eigenvalue weighted by Gasteiger charge is -2.08. The molecule has 110 valence electrons. The molecule has 0 aliphatic carbocycles. The van der Waals surface area contributed by atoms with Crippen molar-refractivity contribution in [1.29, 1.82) is 0 Å². The number of halogens is 3. The van der Waals surface area contributed by atoms with Gasteiger partial charge in [0, 0.05) is 24.4 Å². The summed E-state index contributed by atoms with van der Waals surface area (Å²) in [5.74, 6) is -4.93. The lowest BCUT2D eigenvalue weighted by molar-refractivity contribution is -0.136. The molecule has 2 aromatic carbocycles. The van der Waals surface area contributed by atoms with Gasteiger partial charge < -0.3 is 10.4 Å². The van der Waals surface area contributed by atoms with E-state index in [2.05, 4.69) is 5.32 Å². The van der Waals surface area contributed by atoms with Crippen molar-refractivity contribution in [2.24, 2.45) is 0 Å². The first-order valence-corrected chi connectivity index (χ1v) is 6.13. The Morgan fingerprint density at radius 3 is 2.05 bits per heavy atom. The van der Waals surface area contributed by atoms with Crippen molar-refractivity contribution in [3.63, 3.8) is 0 Å². The molecule has 0 radical (unpaired) electrons. The Morgan fingerprint density at radius 1 is 1.00 bits per heavy atom. The number of benzene rings is 2. The molecule has 0 fully saturated rings. The van der Waals surface area contributed by atoms with E-state index in [1.165, 1.54) is 0 Å². The summed E-state index contributed by atoms with van der Waals surface area (Å²) in [5.41, 5.74) is 1.58. The van der Waals surface area contributed by atoms with Crippen LogP contribution < -0.4 is 5.32 Å². The summed E-state index contributed by atoms with van der Waals surface area (Å²) < 4.78 is 38.9. The molecule has 2 rings (SSSR count). The van der Waals surface area contributed by atoms with Gasteiger partial charge >= 0.3 is 5.97 Å². The van der Waals surface area contributed by atoms with E-state index in [1.54, 1.807) is 24.3 Å². The van der Waals surface area contributed by atoms with Crippen LogP contribution in [0.5, 0.6) is 0 Å². The number of hydrogen-bond acceptors (Lipinski definition) is 2. The minimum Gasteiger partial charge on any atom is -0.481 e. The average Bonchev–Trinajstić information content (AvgIpc) is 2.43. The van der Waals surface area contributed by atoms with Gasteiger partial charge in [0.2, 0.25) is 0 Å². The molecule has 0 bridgehead atoms. The van der Waals surface area contributed by atoms with E-state index < -0.39 is 23.4 Å². The molecule has 0 heterocycles. The van der Waals surface area contributed by atoms with E-state index in [4.69, 9.17) is 5.11 Å². The summed E-state index contributed by atoms with van der Waals surface area (Å²) in [4.78, 5) is 10.5. The maximum atomic E-state index is 13.0. The maximum absolute atomic E-state index is 13.0. The maximum Gasteiger partial charge on any atom is 0.307 e. The van der Waals surface area contributed by atoms with Crippen LogP contribution in [0.3, 0.4) is 0 Å². The van der Waals surface area contributed by atoms with Crippen LogP contribution in [0.2, 0.25) is 0 Å². The van der Waals surface area contributed by atoms with Gasteiger partial charge in [0.15, 0.2) is 17.5 Å². The third kappa shape index (κ3) is 3.98. The molecule has 6 heteroatoms. The number of carbonyl (C=O) groups is 1. The predicted octanol–water partition coefficient (Wildman–Crippen LogP) is 3.34. The Kier molecular flexibility index (Phi) is 4.47. The minimum absolute atomic E-state index is 0.0674. The Hall–Kier alpha value is -2.50. The van der Waals surface area contributed by atoms with Crippen molar-refractivity contribution in [3.8, 4) is 0 Å². The Bertz CT molecular complexity index is 633. The van der Waals surface area contributed by atoms with E-state index in [0.717, 1.165) is 17.7 Å². The highest BCUT2D eigenvalue weighted by molar-refractivity contribution is 5.70. The van der Waals surface area contributed by atoms with Crippen LogP contribution in [-0.2, 0) is 17.8 Å². The summed E-state index contributed by atoms with van der Waals surface area (Å²) >= 11 is 0. The van der Waals surface area contributed by atoms with Gasteiger partial charge in [0.25, 0.3) is 0 Å². The third-order valence-electron chi connectivity index (χ3n) is 2.86. The molecule has 0 atom stereocenters. The lowest BCUT2D eigenvalue weighted by Crippen LogP contribution is -2.03. The zero-order chi connectivity index (χ0) is 15.4. The second-order valence-corrected chi connectivity index (χ2v) is 4.49. The molecule has 0 amide bonds. The standard InChI is InChI=1S/C15H12F3NO2/c16-12-6-11(7-13(17)15(12)18)19-8-10-3-1-9(2-4-10)5-14(20)21/h1-4,6-7,19H,5,8H2,(H,20,21). The fourth-order valence-corrected chi connectivity index (χ4v) is 1.81. The van der Waals surface area contributed by atoms with Gasteiger partial charge in [-0.05, 0) is 11.1 Å². The van der Waals surface area contributed by atoms with E-state index in [9.17, 15) is 18.0 Å². The number of aliphatic carboxylic acids is 1. The summed E-state index contributed by atoms with van der Waals surface area (Å²) in [5, 5.41) is 11.4. The van der Waals surface area contributed by atoms with Crippen molar-refractivity contribution < 1.29 is 23.1 Å². The normalized spacial score (nSPS) is 10.4. The van der Waals surface area contributed by atoms with Crippen molar-refractivity contribution in [1.82, 2.24) is 0 Å². The predicted molar refractivity (Wildman–Crippen MR) is 71.4 cm³/mol. The topological polar surface area (TPSA) is 49.3 Å². The van der Waals surface area contributed by atoms with Crippen molar-refractivity contribution in [3.05, 3.63) is 65.0 Å². The summed E-state index contributed by atoms with van der Waals surface area (Å²) in [7, 11) is 0. The Balaban J connectivity index is 2.01. The molecule has 21 heavy (non-hydrogen) atoms. The fraction of sp³-hybridized carbons (Fsp3) is 0.133. The van der Waals surface area contributed by atoms with Crippen LogP contribution in [0.4, 0.5) is 18.9 Å². The first kappa shape index (κ1) is 14.9. The average molecular weight is 295 g/mol. The lowest BCUT2D eigenvalue weighted by atomic mass is 10.1. The molecule has 0 spiro atoms. The van der Waals surface area contributed by atoms with Crippen LogP contribution in [0.25, 0.3) is 0 Å². The van der Waals surface area contributed by atoms with Crippen molar-refractivity contribution in [2.75, 3.05) is 5.32 Å². The van der Waals surface area contributed by atoms with E-state index >= 15 is 0 Å². The molecule has 0 aliphatic heterocycles. The highest BCUT2D eigenvalue weighted by Gasteiger charge is 2.10. The number of carboxylic acid groups (broad SMARTS) is 1. The van der Waals surface area contributed by atoms with Gasteiger partial charge in [0.1, 0.15) is 0 Å². The van der Waals surface area contributed by atoms with Crippen LogP contribution in [-0.4, -0.2) is 11.1 Å². The van der Waals surface area contributed by atoms with E-state index in [-0.39, 0.29) is 18.7 Å². The van der Waals surface area contributed by atoms with Crippen LogP contribution in [0.15, 0.2) is 36.4 Å². The fourth-order valence-electron chi connectivity index (χ4n) is 1.81. The zero-order valence-corrected chi connectivity index (χ0v) is 10.9. The Labute approximate surface area is 119 Å². The molecular weight excluding hydrogens is 283 g/mol. The minimum atomic E-state index is -1.50. The molecule has 2 N–H and O–H groups in total. The van der Waals surface area contributed by atoms with Crippen molar-refractivity contribution in [2.45, 2.75) is 13.0 Å². The van der Waals surface area contributed by atoms with Gasteiger partial charge in [-0.1, -0.05) is 24.3 Å². The SMILES string of the molecule is O=C(O)Cc1ccc(CNc2cc(F)c(F)c(F)c2)cc1. The number of carboxylic acids is 1. The van der Waals surface area contributed by atoms with E-state index in [0.29, 0.717) is 5.56 Å². The molecule has 2 aromatic rings. The number of nitrogens with one attached hydrogen (secondary N) is 1. The monoisotopic (exact) mass is 295 g/mol. The zero-order valence-electron chi connectivity index (χ0n) is 10.9. The van der Waals surface area contributed by atoms with Crippen LogP contribution in [0, 0.1) is 17.5 Å². The smallest absolute Gasteiger partial charge is 0.307 e. The molecule has 0 saturated heterocycles. The quantitative estimate of drug-likeness (QED) is 0.832. The van der Waals surface area contributed by atoms with E-state index in [1.807, 2.05) is 0 Å². The largest absolute Gasteiger partial charge is 0.481 e. The number of rotatable bonds is 5. The van der Waals surface area contributed by atoms with Gasteiger partial charge in [-0.2, -0.15) is 0 Å². The summed E-state index contributed by atoms with van der Waals surface area (Å²) in [6.45, 7) is 0.276. The molecule has 0 aromatic heterocycles.